The molecule has 20 heavy (non-hydrogen) atoms. The van der Waals surface area contributed by atoms with Gasteiger partial charge >= 0.3 is 0 Å². The van der Waals surface area contributed by atoms with Gasteiger partial charge in [-0.1, -0.05) is 13.0 Å². The normalized spacial score (nSPS) is 11.2. The second kappa shape index (κ2) is 6.18. The lowest BCUT2D eigenvalue weighted by molar-refractivity contribution is 0.301. The first kappa shape index (κ1) is 14.0. The SMILES string of the molecule is CCCOc1cc(C=Nn2cc(C)nc2N)ccc1F. The number of halogens is 1. The van der Waals surface area contributed by atoms with Crippen molar-refractivity contribution < 1.29 is 9.13 Å². The van der Waals surface area contributed by atoms with E-state index in [-0.39, 0.29) is 11.6 Å². The van der Waals surface area contributed by atoms with Crippen molar-refractivity contribution in [3.8, 4) is 5.75 Å². The van der Waals surface area contributed by atoms with Gasteiger partial charge in [0.05, 0.1) is 24.7 Å². The summed E-state index contributed by atoms with van der Waals surface area (Å²) in [5.41, 5.74) is 7.19. The first-order chi connectivity index (χ1) is 9.60. The molecule has 0 spiro atoms. The number of hydrogen-bond donors (Lipinski definition) is 1. The number of anilines is 1. The molecule has 1 aromatic carbocycles. The van der Waals surface area contributed by atoms with Crippen molar-refractivity contribution in [1.29, 1.82) is 0 Å². The Bertz CT molecular complexity index is 622. The number of aromatic nitrogens is 2. The topological polar surface area (TPSA) is 65.4 Å². The summed E-state index contributed by atoms with van der Waals surface area (Å²) in [7, 11) is 0. The van der Waals surface area contributed by atoms with Crippen LogP contribution in [0.1, 0.15) is 24.6 Å². The van der Waals surface area contributed by atoms with E-state index in [4.69, 9.17) is 10.5 Å². The van der Waals surface area contributed by atoms with E-state index in [0.29, 0.717) is 12.6 Å². The van der Waals surface area contributed by atoms with Gasteiger partial charge in [0.25, 0.3) is 0 Å². The summed E-state index contributed by atoms with van der Waals surface area (Å²) in [5, 5.41) is 4.17. The average Bonchev–Trinajstić information content (AvgIpc) is 2.74. The highest BCUT2D eigenvalue weighted by molar-refractivity contribution is 5.80. The maximum atomic E-state index is 13.5. The van der Waals surface area contributed by atoms with E-state index in [1.807, 2.05) is 13.8 Å². The van der Waals surface area contributed by atoms with Crippen molar-refractivity contribution in [1.82, 2.24) is 9.66 Å². The van der Waals surface area contributed by atoms with E-state index in [9.17, 15) is 4.39 Å². The van der Waals surface area contributed by atoms with Gasteiger partial charge in [-0.2, -0.15) is 5.10 Å². The molecule has 2 aromatic rings. The largest absolute Gasteiger partial charge is 0.491 e. The summed E-state index contributed by atoms with van der Waals surface area (Å²) in [5.74, 6) is 0.155. The van der Waals surface area contributed by atoms with Gasteiger partial charge in [-0.15, -0.1) is 0 Å². The molecule has 0 fully saturated rings. The van der Waals surface area contributed by atoms with Crippen molar-refractivity contribution in [3.63, 3.8) is 0 Å². The summed E-state index contributed by atoms with van der Waals surface area (Å²) in [6.45, 7) is 4.27. The van der Waals surface area contributed by atoms with Crippen LogP contribution in [0.25, 0.3) is 0 Å². The molecule has 5 nitrogen and oxygen atoms in total. The van der Waals surface area contributed by atoms with E-state index in [2.05, 4.69) is 10.1 Å². The molecule has 6 heteroatoms. The van der Waals surface area contributed by atoms with Crippen molar-refractivity contribution in [2.75, 3.05) is 12.3 Å². The molecule has 1 heterocycles. The van der Waals surface area contributed by atoms with Gasteiger partial charge < -0.3 is 10.5 Å². The quantitative estimate of drug-likeness (QED) is 0.854. The number of ether oxygens (including phenoxy) is 1. The third kappa shape index (κ3) is 3.34. The van der Waals surface area contributed by atoms with Crippen LogP contribution in [0.5, 0.6) is 5.75 Å². The molecular weight excluding hydrogens is 259 g/mol. The summed E-state index contributed by atoms with van der Waals surface area (Å²) in [6, 6.07) is 4.58. The lowest BCUT2D eigenvalue weighted by Crippen LogP contribution is -1.99. The Kier molecular flexibility index (Phi) is 4.34. The van der Waals surface area contributed by atoms with Crippen molar-refractivity contribution in [3.05, 3.63) is 41.5 Å². The summed E-state index contributed by atoms with van der Waals surface area (Å²) >= 11 is 0. The summed E-state index contributed by atoms with van der Waals surface area (Å²) in [4.78, 5) is 4.04. The Balaban J connectivity index is 2.18. The fourth-order valence-electron chi connectivity index (χ4n) is 1.65. The average molecular weight is 276 g/mol. The van der Waals surface area contributed by atoms with Crippen LogP contribution in [0.2, 0.25) is 0 Å². The molecule has 0 unspecified atom stereocenters. The van der Waals surface area contributed by atoms with E-state index < -0.39 is 0 Å². The van der Waals surface area contributed by atoms with Crippen LogP contribution in [0.3, 0.4) is 0 Å². The van der Waals surface area contributed by atoms with Crippen LogP contribution in [-0.2, 0) is 0 Å². The van der Waals surface area contributed by atoms with Crippen LogP contribution in [0, 0.1) is 12.7 Å². The maximum Gasteiger partial charge on any atom is 0.221 e. The van der Waals surface area contributed by atoms with Crippen LogP contribution in [0.15, 0.2) is 29.5 Å². The molecule has 0 amide bonds. The van der Waals surface area contributed by atoms with Crippen molar-refractivity contribution in [2.24, 2.45) is 5.10 Å². The Morgan fingerprint density at radius 1 is 1.50 bits per heavy atom. The molecule has 0 radical (unpaired) electrons. The molecule has 0 bridgehead atoms. The zero-order valence-corrected chi connectivity index (χ0v) is 11.5. The highest BCUT2D eigenvalue weighted by atomic mass is 19.1. The zero-order chi connectivity index (χ0) is 14.5. The molecule has 106 valence electrons. The lowest BCUT2D eigenvalue weighted by Gasteiger charge is -2.06. The number of benzene rings is 1. The fourth-order valence-corrected chi connectivity index (χ4v) is 1.65. The third-order valence-electron chi connectivity index (χ3n) is 2.58. The predicted octanol–water partition coefficient (Wildman–Crippen LogP) is 2.58. The molecule has 1 aromatic heterocycles. The number of aryl methyl sites for hydroxylation is 1. The van der Waals surface area contributed by atoms with Gasteiger partial charge in [-0.05, 0) is 31.0 Å². The second-order valence-corrected chi connectivity index (χ2v) is 4.37. The Morgan fingerprint density at radius 2 is 2.30 bits per heavy atom. The Hall–Kier alpha value is -2.37. The summed E-state index contributed by atoms with van der Waals surface area (Å²) < 4.78 is 20.3. The highest BCUT2D eigenvalue weighted by Crippen LogP contribution is 2.18. The lowest BCUT2D eigenvalue weighted by atomic mass is 10.2. The van der Waals surface area contributed by atoms with E-state index in [1.165, 1.54) is 10.7 Å². The minimum Gasteiger partial charge on any atom is -0.491 e. The van der Waals surface area contributed by atoms with Crippen molar-refractivity contribution >= 4 is 12.2 Å². The second-order valence-electron chi connectivity index (χ2n) is 4.37. The molecule has 0 saturated heterocycles. The minimum absolute atomic E-state index is 0.227. The van der Waals surface area contributed by atoms with Crippen LogP contribution >= 0.6 is 0 Å². The van der Waals surface area contributed by atoms with Crippen LogP contribution in [-0.4, -0.2) is 22.5 Å². The first-order valence-corrected chi connectivity index (χ1v) is 6.38. The molecule has 2 rings (SSSR count). The van der Waals surface area contributed by atoms with Crippen LogP contribution < -0.4 is 10.5 Å². The Morgan fingerprint density at radius 3 is 2.95 bits per heavy atom. The Labute approximate surface area is 116 Å². The highest BCUT2D eigenvalue weighted by Gasteiger charge is 2.04. The smallest absolute Gasteiger partial charge is 0.221 e. The van der Waals surface area contributed by atoms with Gasteiger partial charge in [0, 0.05) is 0 Å². The van der Waals surface area contributed by atoms with E-state index in [1.54, 1.807) is 24.5 Å². The molecule has 0 aliphatic rings. The number of rotatable bonds is 5. The van der Waals surface area contributed by atoms with Gasteiger partial charge in [-0.25, -0.2) is 14.1 Å². The first-order valence-electron chi connectivity index (χ1n) is 6.38. The third-order valence-corrected chi connectivity index (χ3v) is 2.58. The van der Waals surface area contributed by atoms with E-state index in [0.717, 1.165) is 17.7 Å². The molecule has 0 atom stereocenters. The number of nitrogen functional groups attached to an aromatic ring is 1. The molecule has 2 N–H and O–H groups in total. The predicted molar refractivity (Wildman–Crippen MR) is 76.6 cm³/mol. The zero-order valence-electron chi connectivity index (χ0n) is 11.5. The standard InChI is InChI=1S/C14H17FN4O/c1-3-6-20-13-7-11(4-5-12(13)15)8-17-19-9-10(2)18-14(19)16/h4-5,7-9H,3,6H2,1-2H3,(H2,16,18). The number of nitrogens with two attached hydrogens (primary N) is 1. The fraction of sp³-hybridized carbons (Fsp3) is 0.286. The van der Waals surface area contributed by atoms with Crippen molar-refractivity contribution in [2.45, 2.75) is 20.3 Å². The van der Waals surface area contributed by atoms with E-state index >= 15 is 0 Å². The van der Waals surface area contributed by atoms with Gasteiger partial charge in [0.2, 0.25) is 5.95 Å². The molecule has 0 saturated carbocycles. The molecule has 0 aliphatic carbocycles. The monoisotopic (exact) mass is 276 g/mol. The maximum absolute atomic E-state index is 13.5. The van der Waals surface area contributed by atoms with Gasteiger partial charge in [0.15, 0.2) is 11.6 Å². The number of hydrogen-bond acceptors (Lipinski definition) is 4. The number of nitrogens with zero attached hydrogens (tertiary/aromatic N) is 3. The van der Waals surface area contributed by atoms with Gasteiger partial charge in [-0.3, -0.25) is 0 Å². The number of imidazole rings is 1. The molecule has 0 aliphatic heterocycles. The van der Waals surface area contributed by atoms with Crippen LogP contribution in [0.4, 0.5) is 10.3 Å². The molecular formula is C14H17FN4O. The van der Waals surface area contributed by atoms with Gasteiger partial charge in [0.1, 0.15) is 0 Å². The summed E-state index contributed by atoms with van der Waals surface area (Å²) in [6.07, 6.45) is 4.11. The minimum atomic E-state index is -0.381.